The molecular weight excluding hydrogens is 455 g/mol. The minimum atomic E-state index is -4.69. The Morgan fingerprint density at radius 2 is 1.85 bits per heavy atom. The minimum Gasteiger partial charge on any atom is -0.493 e. The van der Waals surface area contributed by atoms with E-state index in [1.54, 1.807) is 55.5 Å². The fourth-order valence-electron chi connectivity index (χ4n) is 3.66. The predicted octanol–water partition coefficient (Wildman–Crippen LogP) is 4.00. The van der Waals surface area contributed by atoms with Crippen molar-refractivity contribution in [2.75, 3.05) is 27.3 Å². The lowest BCUT2D eigenvalue weighted by molar-refractivity contribution is -0.159. The Labute approximate surface area is 193 Å². The topological polar surface area (TPSA) is 86.9 Å². The van der Waals surface area contributed by atoms with Gasteiger partial charge in [0.25, 0.3) is 0 Å². The molecule has 1 fully saturated rings. The molecule has 180 valence electrons. The molecule has 1 aliphatic rings. The zero-order valence-electron chi connectivity index (χ0n) is 18.5. The highest BCUT2D eigenvalue weighted by atomic mass is 19.4. The summed E-state index contributed by atoms with van der Waals surface area (Å²) in [5.74, 6) is 0.112. The summed E-state index contributed by atoms with van der Waals surface area (Å²) in [5, 5.41) is 3.36. The molecule has 0 spiro atoms. The first-order valence-electron chi connectivity index (χ1n) is 10.4. The standard InChI is InChI=1S/C23H22F3N3O5/c1-31-18-8-3-14(11-19(18)32-2)12-20(30)29-10-9-17(13-29)33-16-6-4-15(5-7-16)21-27-22(34-28-21)23(24,25)26/h3-8,11,17H,9-10,12-13H2,1-2H3/t17-/m0/s1. The summed E-state index contributed by atoms with van der Waals surface area (Å²) in [4.78, 5) is 17.8. The smallest absolute Gasteiger partial charge is 0.471 e. The molecule has 4 rings (SSSR count). The molecule has 0 aliphatic carbocycles. The van der Waals surface area contributed by atoms with E-state index in [9.17, 15) is 18.0 Å². The normalized spacial score (nSPS) is 15.9. The summed E-state index contributed by atoms with van der Waals surface area (Å²) in [7, 11) is 3.09. The Morgan fingerprint density at radius 3 is 2.50 bits per heavy atom. The molecule has 0 bridgehead atoms. The second-order valence-corrected chi connectivity index (χ2v) is 7.68. The molecule has 2 aromatic carbocycles. The molecule has 2 heterocycles. The number of amides is 1. The lowest BCUT2D eigenvalue weighted by Gasteiger charge is -2.18. The molecule has 0 radical (unpaired) electrons. The number of methoxy groups -OCH3 is 2. The van der Waals surface area contributed by atoms with Crippen molar-refractivity contribution in [3.63, 3.8) is 0 Å². The van der Waals surface area contributed by atoms with Crippen molar-refractivity contribution in [1.82, 2.24) is 15.0 Å². The third-order valence-electron chi connectivity index (χ3n) is 5.38. The van der Waals surface area contributed by atoms with Crippen LogP contribution >= 0.6 is 0 Å². The maximum atomic E-state index is 12.7. The molecule has 1 atom stereocenters. The minimum absolute atomic E-state index is 0.0220. The Bertz CT molecular complexity index is 1150. The van der Waals surface area contributed by atoms with E-state index in [-0.39, 0.29) is 24.3 Å². The predicted molar refractivity (Wildman–Crippen MR) is 114 cm³/mol. The van der Waals surface area contributed by atoms with Crippen LogP contribution in [-0.4, -0.2) is 54.4 Å². The third kappa shape index (κ3) is 5.24. The van der Waals surface area contributed by atoms with Crippen LogP contribution in [0.25, 0.3) is 11.4 Å². The van der Waals surface area contributed by atoms with Crippen molar-refractivity contribution in [2.45, 2.75) is 25.1 Å². The van der Waals surface area contributed by atoms with Crippen LogP contribution in [-0.2, 0) is 17.4 Å². The summed E-state index contributed by atoms with van der Waals surface area (Å²) < 4.78 is 58.6. The number of aromatic nitrogens is 2. The number of likely N-dealkylation sites (tertiary alicyclic amines) is 1. The SMILES string of the molecule is COc1ccc(CC(=O)N2CC[C@H](Oc3ccc(-c4noc(C(F)(F)F)n4)cc3)C2)cc1OC. The van der Waals surface area contributed by atoms with Crippen LogP contribution in [0.3, 0.4) is 0 Å². The van der Waals surface area contributed by atoms with Gasteiger partial charge in [0.05, 0.1) is 27.2 Å². The van der Waals surface area contributed by atoms with Crippen molar-refractivity contribution in [3.05, 3.63) is 53.9 Å². The maximum Gasteiger partial charge on any atom is 0.471 e. The monoisotopic (exact) mass is 477 g/mol. The lowest BCUT2D eigenvalue weighted by Crippen LogP contribution is -2.32. The summed E-state index contributed by atoms with van der Waals surface area (Å²) in [6, 6.07) is 11.7. The zero-order chi connectivity index (χ0) is 24.3. The van der Waals surface area contributed by atoms with Crippen LogP contribution in [0.2, 0.25) is 0 Å². The summed E-state index contributed by atoms with van der Waals surface area (Å²) in [6.07, 6.45) is -3.99. The molecule has 1 saturated heterocycles. The van der Waals surface area contributed by atoms with Gasteiger partial charge < -0.3 is 23.6 Å². The first kappa shape index (κ1) is 23.4. The highest BCUT2D eigenvalue weighted by Crippen LogP contribution is 2.30. The van der Waals surface area contributed by atoms with Crippen LogP contribution < -0.4 is 14.2 Å². The average Bonchev–Trinajstić information content (AvgIpc) is 3.50. The van der Waals surface area contributed by atoms with Gasteiger partial charge in [0.15, 0.2) is 11.5 Å². The highest BCUT2D eigenvalue weighted by Gasteiger charge is 2.38. The van der Waals surface area contributed by atoms with E-state index >= 15 is 0 Å². The van der Waals surface area contributed by atoms with Gasteiger partial charge >= 0.3 is 12.1 Å². The van der Waals surface area contributed by atoms with Crippen molar-refractivity contribution in [1.29, 1.82) is 0 Å². The number of alkyl halides is 3. The number of hydrogen-bond donors (Lipinski definition) is 0. The van der Waals surface area contributed by atoms with Crippen LogP contribution in [0.4, 0.5) is 13.2 Å². The van der Waals surface area contributed by atoms with E-state index in [4.69, 9.17) is 14.2 Å². The van der Waals surface area contributed by atoms with E-state index in [1.165, 1.54) is 0 Å². The van der Waals surface area contributed by atoms with Crippen LogP contribution in [0.5, 0.6) is 17.2 Å². The number of hydrogen-bond acceptors (Lipinski definition) is 7. The average molecular weight is 477 g/mol. The van der Waals surface area contributed by atoms with Crippen LogP contribution in [0.15, 0.2) is 47.0 Å². The fourth-order valence-corrected chi connectivity index (χ4v) is 3.66. The van der Waals surface area contributed by atoms with Gasteiger partial charge in [0.2, 0.25) is 11.7 Å². The Morgan fingerprint density at radius 1 is 1.12 bits per heavy atom. The van der Waals surface area contributed by atoms with E-state index in [0.29, 0.717) is 42.3 Å². The lowest BCUT2D eigenvalue weighted by atomic mass is 10.1. The molecule has 0 N–H and O–H groups in total. The van der Waals surface area contributed by atoms with Crippen LogP contribution in [0.1, 0.15) is 17.9 Å². The molecule has 11 heteroatoms. The number of rotatable bonds is 7. The van der Waals surface area contributed by atoms with E-state index in [2.05, 4.69) is 14.7 Å². The van der Waals surface area contributed by atoms with E-state index < -0.39 is 12.1 Å². The molecule has 1 aromatic heterocycles. The zero-order valence-corrected chi connectivity index (χ0v) is 18.5. The molecule has 0 saturated carbocycles. The van der Waals surface area contributed by atoms with E-state index in [1.807, 2.05) is 6.07 Å². The largest absolute Gasteiger partial charge is 0.493 e. The fraction of sp³-hybridized carbons (Fsp3) is 0.348. The van der Waals surface area contributed by atoms with Crippen molar-refractivity contribution < 1.29 is 36.7 Å². The van der Waals surface area contributed by atoms with Crippen LogP contribution in [0, 0.1) is 0 Å². The second-order valence-electron chi connectivity index (χ2n) is 7.68. The molecule has 1 amide bonds. The first-order valence-corrected chi connectivity index (χ1v) is 10.4. The second kappa shape index (κ2) is 9.62. The summed E-state index contributed by atoms with van der Waals surface area (Å²) in [5.41, 5.74) is 1.18. The molecule has 0 unspecified atom stereocenters. The number of halogens is 3. The Balaban J connectivity index is 1.32. The maximum absolute atomic E-state index is 12.7. The van der Waals surface area contributed by atoms with Gasteiger partial charge in [-0.25, -0.2) is 0 Å². The first-order chi connectivity index (χ1) is 16.3. The molecule has 1 aliphatic heterocycles. The Hall–Kier alpha value is -3.76. The van der Waals surface area contributed by atoms with E-state index in [0.717, 1.165) is 5.56 Å². The summed E-state index contributed by atoms with van der Waals surface area (Å²) in [6.45, 7) is 1.01. The molecule has 3 aromatic rings. The van der Waals surface area contributed by atoms with Gasteiger partial charge in [0, 0.05) is 18.5 Å². The third-order valence-corrected chi connectivity index (χ3v) is 5.38. The van der Waals surface area contributed by atoms with Gasteiger partial charge in [-0.2, -0.15) is 18.2 Å². The van der Waals surface area contributed by atoms with Gasteiger partial charge in [-0.15, -0.1) is 0 Å². The highest BCUT2D eigenvalue weighted by molar-refractivity contribution is 5.79. The van der Waals surface area contributed by atoms with Gasteiger partial charge in [-0.05, 0) is 42.0 Å². The number of benzene rings is 2. The number of ether oxygens (including phenoxy) is 3. The summed E-state index contributed by atoms with van der Waals surface area (Å²) >= 11 is 0. The van der Waals surface area contributed by atoms with Gasteiger partial charge in [-0.3, -0.25) is 4.79 Å². The Kier molecular flexibility index (Phi) is 6.62. The number of carbonyl (C=O) groups is 1. The van der Waals surface area contributed by atoms with Crippen molar-refractivity contribution in [2.24, 2.45) is 0 Å². The number of nitrogens with zero attached hydrogens (tertiary/aromatic N) is 3. The van der Waals surface area contributed by atoms with Gasteiger partial charge in [-0.1, -0.05) is 11.2 Å². The molecule has 8 nitrogen and oxygen atoms in total. The van der Waals surface area contributed by atoms with Crippen molar-refractivity contribution >= 4 is 5.91 Å². The van der Waals surface area contributed by atoms with Gasteiger partial charge in [0.1, 0.15) is 11.9 Å². The quantitative estimate of drug-likeness (QED) is 0.509. The molecule has 34 heavy (non-hydrogen) atoms. The van der Waals surface area contributed by atoms with Crippen molar-refractivity contribution in [3.8, 4) is 28.6 Å². The number of carbonyl (C=O) groups excluding carboxylic acids is 1. The molecular formula is C23H22F3N3O5.